The molecule has 0 aliphatic carbocycles. The molecule has 0 spiro atoms. The summed E-state index contributed by atoms with van der Waals surface area (Å²) in [5.74, 6) is 1.60. The van der Waals surface area contributed by atoms with E-state index in [1.54, 1.807) is 18.1 Å². The van der Waals surface area contributed by atoms with Crippen molar-refractivity contribution >= 4 is 11.7 Å². The van der Waals surface area contributed by atoms with Gasteiger partial charge < -0.3 is 4.74 Å². The van der Waals surface area contributed by atoms with Gasteiger partial charge >= 0.3 is 11.7 Å². The van der Waals surface area contributed by atoms with Gasteiger partial charge in [0.15, 0.2) is 5.82 Å². The zero-order chi connectivity index (χ0) is 16.6. The Bertz CT molecular complexity index is 791. The minimum atomic E-state index is -0.362. The highest BCUT2D eigenvalue weighted by Crippen LogP contribution is 2.26. The summed E-state index contributed by atoms with van der Waals surface area (Å²) in [7, 11) is 1.58. The normalized spacial score (nSPS) is 13.7. The highest BCUT2D eigenvalue weighted by Gasteiger charge is 2.33. The van der Waals surface area contributed by atoms with Gasteiger partial charge in [-0.2, -0.15) is 9.67 Å². The van der Waals surface area contributed by atoms with Crippen molar-refractivity contribution in [3.8, 4) is 5.75 Å². The Labute approximate surface area is 134 Å². The molecule has 1 aromatic carbocycles. The second kappa shape index (κ2) is 5.91. The van der Waals surface area contributed by atoms with Crippen LogP contribution in [0.4, 0.5) is 10.5 Å². The molecule has 0 fully saturated rings. The number of fused-ring (bicyclic) bond motifs is 1. The van der Waals surface area contributed by atoms with Gasteiger partial charge in [0.25, 0.3) is 0 Å². The standard InChI is InChI=1S/C16H20N4O3/c1-11(2)7-8-19-15(21)17-14-10-18(16(22)20(14)19)12-5-4-6-13(9-12)23-3/h4-6,9,11H,7-8,10H2,1-3H3. The van der Waals surface area contributed by atoms with Gasteiger partial charge in [0.2, 0.25) is 0 Å². The number of carbonyl (C=O) groups is 1. The highest BCUT2D eigenvalue weighted by molar-refractivity contribution is 5.95. The minimum Gasteiger partial charge on any atom is -0.497 e. The Hall–Kier alpha value is -2.57. The molecule has 122 valence electrons. The molecule has 1 aromatic heterocycles. The van der Waals surface area contributed by atoms with E-state index in [2.05, 4.69) is 18.8 Å². The number of nitrogens with zero attached hydrogens (tertiary/aromatic N) is 4. The van der Waals surface area contributed by atoms with E-state index in [1.165, 1.54) is 9.36 Å². The molecule has 1 aliphatic heterocycles. The second-order valence-corrected chi connectivity index (χ2v) is 6.00. The first kappa shape index (κ1) is 15.3. The Kier molecular flexibility index (Phi) is 3.94. The third-order valence-electron chi connectivity index (χ3n) is 3.93. The molecule has 0 radical (unpaired) electrons. The molecule has 0 N–H and O–H groups in total. The number of carbonyl (C=O) groups excluding carboxylic acids is 1. The van der Waals surface area contributed by atoms with Gasteiger partial charge in [0.05, 0.1) is 13.7 Å². The lowest BCUT2D eigenvalue weighted by Gasteiger charge is -2.16. The topological polar surface area (TPSA) is 69.4 Å². The lowest BCUT2D eigenvalue weighted by Crippen LogP contribution is -2.34. The lowest BCUT2D eigenvalue weighted by atomic mass is 10.1. The lowest BCUT2D eigenvalue weighted by molar-refractivity contribution is 0.243. The molecule has 23 heavy (non-hydrogen) atoms. The maximum atomic E-state index is 12.7. The third-order valence-corrected chi connectivity index (χ3v) is 3.93. The minimum absolute atomic E-state index is 0.258. The van der Waals surface area contributed by atoms with Crippen molar-refractivity contribution < 1.29 is 9.53 Å². The van der Waals surface area contributed by atoms with Crippen LogP contribution >= 0.6 is 0 Å². The number of amides is 1. The molecule has 3 rings (SSSR count). The number of aromatic nitrogens is 3. The van der Waals surface area contributed by atoms with E-state index in [9.17, 15) is 9.59 Å². The molecule has 2 heterocycles. The van der Waals surface area contributed by atoms with E-state index >= 15 is 0 Å². The number of ether oxygens (including phenoxy) is 1. The van der Waals surface area contributed by atoms with Crippen molar-refractivity contribution in [2.24, 2.45) is 5.92 Å². The highest BCUT2D eigenvalue weighted by atomic mass is 16.5. The maximum Gasteiger partial charge on any atom is 0.364 e. The molecule has 7 nitrogen and oxygen atoms in total. The summed E-state index contributed by atoms with van der Waals surface area (Å²) in [6, 6.07) is 7.02. The van der Waals surface area contributed by atoms with E-state index in [0.29, 0.717) is 24.0 Å². The van der Waals surface area contributed by atoms with E-state index in [4.69, 9.17) is 4.74 Å². The number of hydrogen-bond donors (Lipinski definition) is 0. The number of anilines is 1. The quantitative estimate of drug-likeness (QED) is 0.847. The van der Waals surface area contributed by atoms with Crippen molar-refractivity contribution in [3.05, 3.63) is 40.6 Å². The molecule has 0 saturated carbocycles. The SMILES string of the molecule is COc1cccc(N2Cc3nc(=O)n(CCC(C)C)n3C2=O)c1. The summed E-state index contributed by atoms with van der Waals surface area (Å²) in [5.41, 5.74) is 0.363. The van der Waals surface area contributed by atoms with Gasteiger partial charge in [-0.25, -0.2) is 14.3 Å². The number of rotatable bonds is 5. The predicted octanol–water partition coefficient (Wildman–Crippen LogP) is 2.09. The summed E-state index contributed by atoms with van der Waals surface area (Å²) in [6.07, 6.45) is 0.817. The molecule has 7 heteroatoms. The summed E-state index contributed by atoms with van der Waals surface area (Å²) >= 11 is 0. The average molecular weight is 316 g/mol. The van der Waals surface area contributed by atoms with Crippen molar-refractivity contribution in [2.45, 2.75) is 33.4 Å². The Balaban J connectivity index is 1.92. The monoisotopic (exact) mass is 316 g/mol. The first-order valence-electron chi connectivity index (χ1n) is 7.66. The van der Waals surface area contributed by atoms with Gasteiger partial charge in [-0.15, -0.1) is 0 Å². The van der Waals surface area contributed by atoms with Crippen molar-refractivity contribution in [1.29, 1.82) is 0 Å². The zero-order valence-corrected chi connectivity index (χ0v) is 13.5. The van der Waals surface area contributed by atoms with E-state index in [1.807, 2.05) is 18.2 Å². The van der Waals surface area contributed by atoms with Gasteiger partial charge in [-0.1, -0.05) is 19.9 Å². The number of benzene rings is 1. The number of hydrogen-bond acceptors (Lipinski definition) is 4. The summed E-state index contributed by atoms with van der Waals surface area (Å²) in [5, 5.41) is 0. The van der Waals surface area contributed by atoms with Gasteiger partial charge in [0, 0.05) is 18.3 Å². The molecule has 1 aliphatic rings. The summed E-state index contributed by atoms with van der Waals surface area (Å²) in [4.78, 5) is 30.3. The number of methoxy groups -OCH3 is 1. The van der Waals surface area contributed by atoms with Crippen molar-refractivity contribution in [3.63, 3.8) is 0 Å². The summed E-state index contributed by atoms with van der Waals surface area (Å²) in [6.45, 7) is 4.93. The van der Waals surface area contributed by atoms with Crippen LogP contribution in [0.1, 0.15) is 26.1 Å². The molecule has 0 saturated heterocycles. The van der Waals surface area contributed by atoms with Crippen molar-refractivity contribution in [2.75, 3.05) is 12.0 Å². The molecule has 0 bridgehead atoms. The van der Waals surface area contributed by atoms with Crippen LogP contribution in [-0.2, 0) is 13.1 Å². The van der Waals surface area contributed by atoms with Crippen LogP contribution in [0, 0.1) is 5.92 Å². The fourth-order valence-electron chi connectivity index (χ4n) is 2.64. The van der Waals surface area contributed by atoms with Crippen LogP contribution in [-0.4, -0.2) is 27.5 Å². The molecular weight excluding hydrogens is 296 g/mol. The van der Waals surface area contributed by atoms with E-state index in [0.717, 1.165) is 12.1 Å². The Morgan fingerprint density at radius 2 is 2.09 bits per heavy atom. The van der Waals surface area contributed by atoms with Crippen molar-refractivity contribution in [1.82, 2.24) is 14.3 Å². The fourth-order valence-corrected chi connectivity index (χ4v) is 2.64. The molecule has 0 atom stereocenters. The molecular formula is C16H20N4O3. The van der Waals surface area contributed by atoms with Gasteiger partial charge in [0.1, 0.15) is 5.75 Å². The van der Waals surface area contributed by atoms with E-state index < -0.39 is 0 Å². The molecule has 1 amide bonds. The fraction of sp³-hybridized carbons (Fsp3) is 0.438. The smallest absolute Gasteiger partial charge is 0.364 e. The summed E-state index contributed by atoms with van der Waals surface area (Å²) < 4.78 is 8.02. The third kappa shape index (κ3) is 2.74. The van der Waals surface area contributed by atoms with Crippen LogP contribution in [0.5, 0.6) is 5.75 Å². The van der Waals surface area contributed by atoms with Gasteiger partial charge in [-0.3, -0.25) is 4.90 Å². The first-order valence-corrected chi connectivity index (χ1v) is 7.66. The Morgan fingerprint density at radius 3 is 2.78 bits per heavy atom. The zero-order valence-electron chi connectivity index (χ0n) is 13.5. The predicted molar refractivity (Wildman–Crippen MR) is 85.9 cm³/mol. The van der Waals surface area contributed by atoms with Gasteiger partial charge in [-0.05, 0) is 24.5 Å². The van der Waals surface area contributed by atoms with Crippen LogP contribution < -0.4 is 15.3 Å². The van der Waals surface area contributed by atoms with Crippen LogP contribution in [0.15, 0.2) is 29.1 Å². The average Bonchev–Trinajstić information content (AvgIpc) is 3.01. The maximum absolute atomic E-state index is 12.7. The Morgan fingerprint density at radius 1 is 1.30 bits per heavy atom. The largest absolute Gasteiger partial charge is 0.497 e. The molecule has 2 aromatic rings. The first-order chi connectivity index (χ1) is 11.0. The van der Waals surface area contributed by atoms with Crippen LogP contribution in [0.25, 0.3) is 0 Å². The van der Waals surface area contributed by atoms with Crippen LogP contribution in [0.3, 0.4) is 0 Å². The second-order valence-electron chi connectivity index (χ2n) is 6.00. The van der Waals surface area contributed by atoms with Crippen LogP contribution in [0.2, 0.25) is 0 Å². The molecule has 0 unspecified atom stereocenters. The van der Waals surface area contributed by atoms with E-state index in [-0.39, 0.29) is 18.3 Å².